The summed E-state index contributed by atoms with van der Waals surface area (Å²) < 4.78 is 33.8. The van der Waals surface area contributed by atoms with Gasteiger partial charge in [0, 0.05) is 11.6 Å². The van der Waals surface area contributed by atoms with Crippen LogP contribution in [0.2, 0.25) is 5.02 Å². The van der Waals surface area contributed by atoms with E-state index >= 15 is 0 Å². The van der Waals surface area contributed by atoms with Gasteiger partial charge in [-0.25, -0.2) is 8.42 Å². The molecule has 180 valence electrons. The number of ether oxygens (including phenoxy) is 1. The van der Waals surface area contributed by atoms with Crippen molar-refractivity contribution in [2.75, 3.05) is 10.8 Å². The number of carbonyl (C=O) groups is 1. The maximum absolute atomic E-state index is 13.5. The first-order valence-corrected chi connectivity index (χ1v) is 12.8. The third-order valence-electron chi connectivity index (χ3n) is 5.19. The Morgan fingerprint density at radius 1 is 1.00 bits per heavy atom. The summed E-state index contributed by atoms with van der Waals surface area (Å²) in [4.78, 5) is 13.0. The zero-order valence-corrected chi connectivity index (χ0v) is 21.3. The highest BCUT2D eigenvalue weighted by atomic mass is 35.5. The van der Waals surface area contributed by atoms with Crippen LogP contribution in [0.25, 0.3) is 0 Å². The van der Waals surface area contributed by atoms with Crippen LogP contribution in [0.3, 0.4) is 0 Å². The average Bonchev–Trinajstić information content (AvgIpc) is 2.79. The van der Waals surface area contributed by atoms with Crippen LogP contribution < -0.4 is 14.4 Å². The third kappa shape index (κ3) is 6.30. The molecular formula is C26H29ClN2O4S. The Balaban J connectivity index is 1.82. The van der Waals surface area contributed by atoms with Gasteiger partial charge < -0.3 is 10.1 Å². The smallest absolute Gasteiger partial charge is 0.264 e. The van der Waals surface area contributed by atoms with E-state index in [9.17, 15) is 13.2 Å². The maximum Gasteiger partial charge on any atom is 0.264 e. The molecule has 3 aromatic carbocycles. The molecule has 0 saturated heterocycles. The van der Waals surface area contributed by atoms with Crippen LogP contribution in [0.5, 0.6) is 5.75 Å². The lowest BCUT2D eigenvalue weighted by Crippen LogP contribution is -2.41. The van der Waals surface area contributed by atoms with Crippen molar-refractivity contribution in [2.24, 2.45) is 0 Å². The lowest BCUT2D eigenvalue weighted by Gasteiger charge is -2.26. The van der Waals surface area contributed by atoms with Gasteiger partial charge in [-0.3, -0.25) is 9.10 Å². The Labute approximate surface area is 206 Å². The van der Waals surface area contributed by atoms with Crippen LogP contribution in [0.4, 0.5) is 5.69 Å². The molecule has 8 heteroatoms. The minimum absolute atomic E-state index is 0.0713. The third-order valence-corrected chi connectivity index (χ3v) is 7.37. The molecule has 3 rings (SSSR count). The molecule has 0 bridgehead atoms. The molecule has 0 aliphatic carbocycles. The van der Waals surface area contributed by atoms with Gasteiger partial charge in [-0.05, 0) is 75.2 Å². The van der Waals surface area contributed by atoms with Gasteiger partial charge in [-0.1, -0.05) is 47.5 Å². The standard InChI is InChI=1S/C26H29ClN2O4S/c1-18(2)33-22-12-10-21(11-13-22)16-28-26(30)17-29(25-7-5-6-24(27)20(25)4)34(31,32)23-14-8-19(3)9-15-23/h5-15,18H,16-17H2,1-4H3,(H,28,30). The van der Waals surface area contributed by atoms with E-state index in [-0.39, 0.29) is 24.1 Å². The van der Waals surface area contributed by atoms with Gasteiger partial charge in [-0.2, -0.15) is 0 Å². The number of aryl methyl sites for hydroxylation is 1. The average molecular weight is 501 g/mol. The van der Waals surface area contributed by atoms with Gasteiger partial charge in [0.05, 0.1) is 16.7 Å². The first kappa shape index (κ1) is 25.6. The van der Waals surface area contributed by atoms with Crippen LogP contribution in [-0.2, 0) is 21.4 Å². The highest BCUT2D eigenvalue weighted by molar-refractivity contribution is 7.92. The van der Waals surface area contributed by atoms with E-state index in [0.29, 0.717) is 16.3 Å². The summed E-state index contributed by atoms with van der Waals surface area (Å²) in [5.74, 6) is 0.314. The van der Waals surface area contributed by atoms with Crippen molar-refractivity contribution in [3.05, 3.63) is 88.4 Å². The first-order chi connectivity index (χ1) is 16.1. The van der Waals surface area contributed by atoms with Crippen molar-refractivity contribution in [1.29, 1.82) is 0 Å². The summed E-state index contributed by atoms with van der Waals surface area (Å²) in [5.41, 5.74) is 2.75. The second-order valence-corrected chi connectivity index (χ2v) is 10.6. The van der Waals surface area contributed by atoms with Gasteiger partial charge >= 0.3 is 0 Å². The van der Waals surface area contributed by atoms with Crippen molar-refractivity contribution in [1.82, 2.24) is 5.32 Å². The highest BCUT2D eigenvalue weighted by Crippen LogP contribution is 2.30. The Bertz CT molecular complexity index is 1240. The van der Waals surface area contributed by atoms with E-state index in [1.807, 2.05) is 45.0 Å². The summed E-state index contributed by atoms with van der Waals surface area (Å²) in [7, 11) is -4.01. The van der Waals surface area contributed by atoms with Crippen LogP contribution in [0.15, 0.2) is 71.6 Å². The predicted molar refractivity (Wildman–Crippen MR) is 136 cm³/mol. The van der Waals surface area contributed by atoms with Crippen molar-refractivity contribution >= 4 is 33.2 Å². The number of halogens is 1. The summed E-state index contributed by atoms with van der Waals surface area (Å²) in [6.45, 7) is 7.39. The monoisotopic (exact) mass is 500 g/mol. The molecule has 0 radical (unpaired) electrons. The molecule has 1 N–H and O–H groups in total. The zero-order valence-electron chi connectivity index (χ0n) is 19.7. The number of amides is 1. The van der Waals surface area contributed by atoms with Crippen molar-refractivity contribution < 1.29 is 17.9 Å². The van der Waals surface area contributed by atoms with Gasteiger partial charge in [-0.15, -0.1) is 0 Å². The second-order valence-electron chi connectivity index (χ2n) is 8.30. The Kier molecular flexibility index (Phi) is 8.23. The Morgan fingerprint density at radius 2 is 1.65 bits per heavy atom. The zero-order chi connectivity index (χ0) is 24.9. The molecule has 34 heavy (non-hydrogen) atoms. The molecule has 0 saturated carbocycles. The summed E-state index contributed by atoms with van der Waals surface area (Å²) in [5, 5.41) is 3.23. The summed E-state index contributed by atoms with van der Waals surface area (Å²) in [6, 6.07) is 18.9. The number of hydrogen-bond donors (Lipinski definition) is 1. The van der Waals surface area contributed by atoms with Gasteiger partial charge in [0.1, 0.15) is 12.3 Å². The maximum atomic E-state index is 13.5. The van der Waals surface area contributed by atoms with E-state index < -0.39 is 15.9 Å². The molecule has 0 atom stereocenters. The fraction of sp³-hybridized carbons (Fsp3) is 0.269. The fourth-order valence-corrected chi connectivity index (χ4v) is 5.00. The quantitative estimate of drug-likeness (QED) is 0.435. The molecule has 0 aliphatic rings. The fourth-order valence-electron chi connectivity index (χ4n) is 3.35. The van der Waals surface area contributed by atoms with Crippen LogP contribution >= 0.6 is 11.6 Å². The lowest BCUT2D eigenvalue weighted by molar-refractivity contribution is -0.119. The van der Waals surface area contributed by atoms with Crippen molar-refractivity contribution in [3.8, 4) is 5.75 Å². The van der Waals surface area contributed by atoms with E-state index in [1.165, 1.54) is 12.1 Å². The number of nitrogens with zero attached hydrogens (tertiary/aromatic N) is 1. The molecule has 3 aromatic rings. The van der Waals surface area contributed by atoms with Crippen molar-refractivity contribution in [2.45, 2.75) is 45.2 Å². The van der Waals surface area contributed by atoms with Gasteiger partial charge in [0.25, 0.3) is 10.0 Å². The topological polar surface area (TPSA) is 75.7 Å². The number of sulfonamides is 1. The minimum atomic E-state index is -4.01. The highest BCUT2D eigenvalue weighted by Gasteiger charge is 2.28. The summed E-state index contributed by atoms with van der Waals surface area (Å²) >= 11 is 6.26. The minimum Gasteiger partial charge on any atom is -0.491 e. The van der Waals surface area contributed by atoms with Crippen LogP contribution in [0.1, 0.15) is 30.5 Å². The van der Waals surface area contributed by atoms with Crippen LogP contribution in [-0.4, -0.2) is 27.0 Å². The molecule has 6 nitrogen and oxygen atoms in total. The molecular weight excluding hydrogens is 472 g/mol. The SMILES string of the molecule is Cc1ccc(S(=O)(=O)N(CC(=O)NCc2ccc(OC(C)C)cc2)c2cccc(Cl)c2C)cc1. The summed E-state index contributed by atoms with van der Waals surface area (Å²) in [6.07, 6.45) is 0.0713. The normalized spacial score (nSPS) is 11.4. The molecule has 0 aliphatic heterocycles. The van der Waals surface area contributed by atoms with Crippen LogP contribution in [0, 0.1) is 13.8 Å². The Morgan fingerprint density at radius 3 is 2.26 bits per heavy atom. The number of benzene rings is 3. The molecule has 0 unspecified atom stereocenters. The van der Waals surface area contributed by atoms with Crippen molar-refractivity contribution in [3.63, 3.8) is 0 Å². The first-order valence-electron chi connectivity index (χ1n) is 10.9. The number of rotatable bonds is 9. The number of nitrogens with one attached hydrogen (secondary N) is 1. The predicted octanol–water partition coefficient (Wildman–Crippen LogP) is 5.26. The van der Waals surface area contributed by atoms with E-state index in [4.69, 9.17) is 16.3 Å². The molecule has 0 aromatic heterocycles. The molecule has 0 fully saturated rings. The van der Waals surface area contributed by atoms with E-state index in [1.54, 1.807) is 37.3 Å². The number of anilines is 1. The van der Waals surface area contributed by atoms with Gasteiger partial charge in [0.2, 0.25) is 5.91 Å². The largest absolute Gasteiger partial charge is 0.491 e. The number of carbonyl (C=O) groups excluding carboxylic acids is 1. The van der Waals surface area contributed by atoms with E-state index in [0.717, 1.165) is 21.2 Å². The van der Waals surface area contributed by atoms with E-state index in [2.05, 4.69) is 5.32 Å². The Hall–Kier alpha value is -3.03. The van der Waals surface area contributed by atoms with Gasteiger partial charge in [0.15, 0.2) is 0 Å². The molecule has 0 spiro atoms. The number of hydrogen-bond acceptors (Lipinski definition) is 4. The lowest BCUT2D eigenvalue weighted by atomic mass is 10.2. The second kappa shape index (κ2) is 10.9. The molecule has 1 amide bonds. The molecule has 0 heterocycles.